The van der Waals surface area contributed by atoms with E-state index in [1.54, 1.807) is 6.39 Å². The van der Waals surface area contributed by atoms with Crippen LogP contribution in [0.3, 0.4) is 0 Å². The topological polar surface area (TPSA) is 26.0 Å². The van der Waals surface area contributed by atoms with Gasteiger partial charge in [0.2, 0.25) is 0 Å². The third-order valence-corrected chi connectivity index (χ3v) is 5.39. The molecule has 23 heavy (non-hydrogen) atoms. The fourth-order valence-corrected chi connectivity index (χ4v) is 3.34. The summed E-state index contributed by atoms with van der Waals surface area (Å²) in [6.07, 6.45) is 22.7. The summed E-state index contributed by atoms with van der Waals surface area (Å²) in [5.74, 6) is 1.06. The van der Waals surface area contributed by atoms with E-state index in [1.807, 2.05) is 6.20 Å². The van der Waals surface area contributed by atoms with Crippen molar-refractivity contribution in [3.8, 4) is 0 Å². The van der Waals surface area contributed by atoms with Crippen LogP contribution in [0.15, 0.2) is 17.0 Å². The SMILES string of the molecule is CCCCCCCCCCCCCCC(C)(CC)c1cnco1. The predicted octanol–water partition coefficient (Wildman–Crippen LogP) is 7.43. The van der Waals surface area contributed by atoms with Crippen molar-refractivity contribution in [1.82, 2.24) is 4.98 Å². The first-order valence-electron chi connectivity index (χ1n) is 10.1. The minimum atomic E-state index is 0.176. The van der Waals surface area contributed by atoms with Gasteiger partial charge in [-0.15, -0.1) is 0 Å². The number of oxazole rings is 1. The van der Waals surface area contributed by atoms with E-state index in [0.717, 1.165) is 12.2 Å². The second-order valence-electron chi connectivity index (χ2n) is 7.42. The van der Waals surface area contributed by atoms with Gasteiger partial charge in [-0.1, -0.05) is 97.8 Å². The summed E-state index contributed by atoms with van der Waals surface area (Å²) in [4.78, 5) is 4.08. The average molecular weight is 322 g/mol. The van der Waals surface area contributed by atoms with E-state index >= 15 is 0 Å². The van der Waals surface area contributed by atoms with Gasteiger partial charge in [-0.25, -0.2) is 4.98 Å². The predicted molar refractivity (Wildman–Crippen MR) is 99.8 cm³/mol. The van der Waals surface area contributed by atoms with Gasteiger partial charge in [0.25, 0.3) is 0 Å². The lowest BCUT2D eigenvalue weighted by Crippen LogP contribution is -2.19. The minimum absolute atomic E-state index is 0.176. The van der Waals surface area contributed by atoms with Crippen molar-refractivity contribution in [1.29, 1.82) is 0 Å². The van der Waals surface area contributed by atoms with Crippen molar-refractivity contribution in [2.24, 2.45) is 0 Å². The Balaban J connectivity index is 1.95. The molecular formula is C21H39NO. The molecule has 1 rings (SSSR count). The van der Waals surface area contributed by atoms with Crippen molar-refractivity contribution in [2.75, 3.05) is 0 Å². The molecule has 0 bridgehead atoms. The summed E-state index contributed by atoms with van der Waals surface area (Å²) < 4.78 is 5.54. The molecule has 0 aromatic carbocycles. The zero-order valence-electron chi connectivity index (χ0n) is 15.9. The molecule has 0 fully saturated rings. The Morgan fingerprint density at radius 1 is 0.826 bits per heavy atom. The van der Waals surface area contributed by atoms with Gasteiger partial charge in [-0.05, 0) is 12.8 Å². The maximum atomic E-state index is 5.54. The van der Waals surface area contributed by atoms with Gasteiger partial charge in [-0.2, -0.15) is 0 Å². The number of hydrogen-bond donors (Lipinski definition) is 0. The molecule has 2 heteroatoms. The third kappa shape index (κ3) is 8.58. The molecule has 0 spiro atoms. The monoisotopic (exact) mass is 321 g/mol. The van der Waals surface area contributed by atoms with Gasteiger partial charge in [0, 0.05) is 5.41 Å². The van der Waals surface area contributed by atoms with Crippen LogP contribution in [0.2, 0.25) is 0 Å². The zero-order chi connectivity index (χ0) is 16.8. The van der Waals surface area contributed by atoms with Crippen LogP contribution in [-0.4, -0.2) is 4.98 Å². The lowest BCUT2D eigenvalue weighted by Gasteiger charge is -2.25. The molecule has 0 aliphatic heterocycles. The molecule has 1 aromatic heterocycles. The Kier molecular flexibility index (Phi) is 11.1. The molecule has 134 valence electrons. The Bertz CT molecular complexity index is 360. The molecule has 0 aliphatic rings. The van der Waals surface area contributed by atoms with Crippen LogP contribution in [0.1, 0.15) is 116 Å². The van der Waals surface area contributed by atoms with E-state index in [0.29, 0.717) is 0 Å². The van der Waals surface area contributed by atoms with Gasteiger partial charge >= 0.3 is 0 Å². The molecule has 1 atom stereocenters. The fourth-order valence-electron chi connectivity index (χ4n) is 3.34. The Morgan fingerprint density at radius 3 is 1.78 bits per heavy atom. The largest absolute Gasteiger partial charge is 0.448 e. The van der Waals surface area contributed by atoms with Crippen LogP contribution >= 0.6 is 0 Å². The molecule has 0 saturated heterocycles. The summed E-state index contributed by atoms with van der Waals surface area (Å²) >= 11 is 0. The first-order valence-corrected chi connectivity index (χ1v) is 10.1. The summed E-state index contributed by atoms with van der Waals surface area (Å²) in [5.41, 5.74) is 0.176. The Morgan fingerprint density at radius 2 is 1.35 bits per heavy atom. The molecule has 1 aromatic rings. The molecule has 0 radical (unpaired) electrons. The highest BCUT2D eigenvalue weighted by atomic mass is 16.3. The molecule has 2 nitrogen and oxygen atoms in total. The van der Waals surface area contributed by atoms with E-state index in [2.05, 4.69) is 25.8 Å². The van der Waals surface area contributed by atoms with Gasteiger partial charge in [-0.3, -0.25) is 0 Å². The highest BCUT2D eigenvalue weighted by Crippen LogP contribution is 2.33. The highest BCUT2D eigenvalue weighted by molar-refractivity contribution is 5.07. The fraction of sp³-hybridized carbons (Fsp3) is 0.857. The summed E-state index contributed by atoms with van der Waals surface area (Å²) in [7, 11) is 0. The standard InChI is InChI=1S/C21H39NO/c1-4-6-7-8-9-10-11-12-13-14-15-16-17-21(3,5-2)20-18-22-19-23-20/h18-19H,4-17H2,1-3H3. The van der Waals surface area contributed by atoms with Gasteiger partial charge in [0.15, 0.2) is 6.39 Å². The molecule has 1 unspecified atom stereocenters. The second kappa shape index (κ2) is 12.6. The van der Waals surface area contributed by atoms with Crippen LogP contribution in [0, 0.1) is 0 Å². The molecule has 0 aliphatic carbocycles. The number of rotatable bonds is 15. The number of aromatic nitrogens is 1. The maximum Gasteiger partial charge on any atom is 0.180 e. The number of nitrogens with zero attached hydrogens (tertiary/aromatic N) is 1. The molecule has 0 amide bonds. The molecule has 0 N–H and O–H groups in total. The first-order chi connectivity index (χ1) is 11.2. The van der Waals surface area contributed by atoms with Crippen LogP contribution in [0.25, 0.3) is 0 Å². The lowest BCUT2D eigenvalue weighted by molar-refractivity contribution is 0.317. The minimum Gasteiger partial charge on any atom is -0.448 e. The van der Waals surface area contributed by atoms with Gasteiger partial charge in [0.05, 0.1) is 6.20 Å². The van der Waals surface area contributed by atoms with Crippen molar-refractivity contribution in [3.05, 3.63) is 18.4 Å². The van der Waals surface area contributed by atoms with E-state index in [-0.39, 0.29) is 5.41 Å². The Hall–Kier alpha value is -0.790. The normalized spacial score (nSPS) is 14.0. The van der Waals surface area contributed by atoms with Gasteiger partial charge in [0.1, 0.15) is 5.76 Å². The third-order valence-electron chi connectivity index (χ3n) is 5.39. The van der Waals surface area contributed by atoms with Crippen LogP contribution in [0.4, 0.5) is 0 Å². The average Bonchev–Trinajstić information content (AvgIpc) is 3.11. The van der Waals surface area contributed by atoms with Crippen molar-refractivity contribution < 1.29 is 4.42 Å². The molecule has 1 heterocycles. The number of unbranched alkanes of at least 4 members (excludes halogenated alkanes) is 11. The van der Waals surface area contributed by atoms with E-state index in [9.17, 15) is 0 Å². The molecule has 0 saturated carbocycles. The van der Waals surface area contributed by atoms with Gasteiger partial charge < -0.3 is 4.42 Å². The molecular weight excluding hydrogens is 282 g/mol. The van der Waals surface area contributed by atoms with Crippen LogP contribution in [0.5, 0.6) is 0 Å². The highest BCUT2D eigenvalue weighted by Gasteiger charge is 2.27. The maximum absolute atomic E-state index is 5.54. The Labute approximate surface area is 144 Å². The summed E-state index contributed by atoms with van der Waals surface area (Å²) in [6.45, 7) is 6.85. The summed E-state index contributed by atoms with van der Waals surface area (Å²) in [5, 5.41) is 0. The van der Waals surface area contributed by atoms with Crippen molar-refractivity contribution in [3.63, 3.8) is 0 Å². The van der Waals surface area contributed by atoms with E-state index in [1.165, 1.54) is 83.5 Å². The lowest BCUT2D eigenvalue weighted by atomic mass is 9.80. The van der Waals surface area contributed by atoms with Crippen molar-refractivity contribution >= 4 is 0 Å². The van der Waals surface area contributed by atoms with Crippen LogP contribution in [-0.2, 0) is 5.41 Å². The smallest absolute Gasteiger partial charge is 0.180 e. The number of hydrogen-bond acceptors (Lipinski definition) is 2. The van der Waals surface area contributed by atoms with E-state index in [4.69, 9.17) is 4.42 Å². The van der Waals surface area contributed by atoms with Crippen LogP contribution < -0.4 is 0 Å². The van der Waals surface area contributed by atoms with Crippen molar-refractivity contribution in [2.45, 2.75) is 116 Å². The van der Waals surface area contributed by atoms with E-state index < -0.39 is 0 Å². The first kappa shape index (κ1) is 20.3. The second-order valence-corrected chi connectivity index (χ2v) is 7.42. The quantitative estimate of drug-likeness (QED) is 0.314. The summed E-state index contributed by atoms with van der Waals surface area (Å²) in [6, 6.07) is 0. The zero-order valence-corrected chi connectivity index (χ0v) is 15.9.